The number of rotatable bonds is 6. The van der Waals surface area contributed by atoms with Crippen molar-refractivity contribution in [1.29, 1.82) is 0 Å². The molecule has 5 heteroatoms. The van der Waals surface area contributed by atoms with Gasteiger partial charge in [0.1, 0.15) is 0 Å². The molecule has 0 aliphatic heterocycles. The van der Waals surface area contributed by atoms with E-state index in [2.05, 4.69) is 179 Å². The number of benzene rings is 3. The molecule has 0 fully saturated rings. The average molecular weight is 743 g/mol. The van der Waals surface area contributed by atoms with Crippen molar-refractivity contribution in [2.75, 3.05) is 0 Å². The second-order valence-corrected chi connectivity index (χ2v) is 25.9. The topological polar surface area (TPSA) is 27.7 Å². The molecule has 0 amide bonds. The van der Waals surface area contributed by atoms with Gasteiger partial charge in [0, 0.05) is 0 Å². The van der Waals surface area contributed by atoms with Crippen molar-refractivity contribution in [3.8, 4) is 17.2 Å². The molecule has 0 spiro atoms. The van der Waals surface area contributed by atoms with Crippen LogP contribution >= 0.6 is 8.51 Å². The van der Waals surface area contributed by atoms with Crippen molar-refractivity contribution in [1.82, 2.24) is 0 Å². The van der Waals surface area contributed by atoms with Crippen molar-refractivity contribution in [2.24, 2.45) is 0 Å². The molecule has 0 radical (unpaired) electrons. The summed E-state index contributed by atoms with van der Waals surface area (Å²) in [6.45, 7) is 39.9. The average Bonchev–Trinajstić information content (AvgIpc) is 2.85. The van der Waals surface area contributed by atoms with Gasteiger partial charge in [0.15, 0.2) is 0 Å². The van der Waals surface area contributed by atoms with E-state index >= 15 is 0 Å². The molecule has 3 aromatic carbocycles. The number of hydrogen-bond donors (Lipinski definition) is 0. The monoisotopic (exact) mass is 740 g/mol. The van der Waals surface area contributed by atoms with E-state index in [1.165, 1.54) is 0 Å². The Morgan fingerprint density at radius 3 is 0.617 bits per heavy atom. The molecule has 0 heterocycles. The van der Waals surface area contributed by atoms with Gasteiger partial charge in [-0.15, -0.1) is 0 Å². The van der Waals surface area contributed by atoms with Gasteiger partial charge in [-0.2, -0.15) is 0 Å². The Morgan fingerprint density at radius 1 is 0.340 bits per heavy atom. The minimum atomic E-state index is -5.23. The van der Waals surface area contributed by atoms with E-state index in [9.17, 15) is 0 Å². The van der Waals surface area contributed by atoms with Crippen LogP contribution in [0.2, 0.25) is 0 Å². The summed E-state index contributed by atoms with van der Waals surface area (Å²) in [5.41, 5.74) is 5.25. The molecule has 260 valence electrons. The third-order valence-electron chi connectivity index (χ3n) is 8.57. The van der Waals surface area contributed by atoms with Crippen LogP contribution in [-0.2, 0) is 52.9 Å². The first kappa shape index (κ1) is 39.7. The van der Waals surface area contributed by atoms with Crippen LogP contribution in [0.4, 0.5) is 0 Å². The molecule has 0 saturated heterocycles. The van der Waals surface area contributed by atoms with E-state index in [1.807, 2.05) is 0 Å². The molecule has 0 saturated carbocycles. The molecular weight excluding hydrogens is 679 g/mol. The van der Waals surface area contributed by atoms with Crippen molar-refractivity contribution in [3.05, 3.63) is 88.0 Å². The summed E-state index contributed by atoms with van der Waals surface area (Å²) in [5, 5.41) is 0. The van der Waals surface area contributed by atoms with Crippen molar-refractivity contribution >= 4 is 8.51 Å². The zero-order chi connectivity index (χ0) is 36.2. The Kier molecular flexibility index (Phi) is 11.1. The van der Waals surface area contributed by atoms with Gasteiger partial charge in [0.25, 0.3) is 0 Å². The van der Waals surface area contributed by atoms with Crippen LogP contribution in [0.15, 0.2) is 54.6 Å². The summed E-state index contributed by atoms with van der Waals surface area (Å²) in [6, 6.07) is 19.3. The van der Waals surface area contributed by atoms with Crippen LogP contribution in [-0.4, -0.2) is 0 Å². The van der Waals surface area contributed by atoms with E-state index in [-0.39, 0.29) is 32.5 Å². The van der Waals surface area contributed by atoms with Gasteiger partial charge in [-0.25, -0.2) is 0 Å². The zero-order valence-corrected chi connectivity index (χ0v) is 36.0. The Hall–Kier alpha value is -1.77. The third-order valence-corrected chi connectivity index (χ3v) is 13.2. The molecule has 0 aliphatic rings. The first-order valence-corrected chi connectivity index (χ1v) is 23.3. The zero-order valence-electron chi connectivity index (χ0n) is 32.8. The summed E-state index contributed by atoms with van der Waals surface area (Å²) >= 11 is -5.23. The summed E-state index contributed by atoms with van der Waals surface area (Å²) in [6.07, 6.45) is 0. The number of hydrogen-bond acceptors (Lipinski definition) is 3. The van der Waals surface area contributed by atoms with Crippen LogP contribution in [0.5, 0.6) is 17.2 Å². The van der Waals surface area contributed by atoms with Crippen molar-refractivity contribution < 1.29 is 28.8 Å². The van der Waals surface area contributed by atoms with E-state index in [0.29, 0.717) is 0 Å². The summed E-state index contributed by atoms with van der Waals surface area (Å²) in [5.74, 6) is 2.32. The fourth-order valence-electron chi connectivity index (χ4n) is 5.91. The second kappa shape index (κ2) is 13.2. The standard InChI is InChI=1S/3C14H22O.ClH.Zr/c3*1-13(2,3)10-8-7-9-11(12(10)15)14(4,5)6;;/h3*7-9,15H,1-6H3;1H;/q;;;;+4/p-4. The Morgan fingerprint density at radius 2 is 0.489 bits per heavy atom. The molecule has 0 N–H and O–H groups in total. The normalized spacial score (nSPS) is 13.9. The molecule has 3 rings (SSSR count). The van der Waals surface area contributed by atoms with Gasteiger partial charge < -0.3 is 0 Å². The Balaban J connectivity index is 2.50. The van der Waals surface area contributed by atoms with Gasteiger partial charge >= 0.3 is 300 Å². The van der Waals surface area contributed by atoms with E-state index < -0.39 is 20.4 Å². The molecule has 0 unspecified atom stereocenters. The van der Waals surface area contributed by atoms with Crippen LogP contribution in [0.3, 0.4) is 0 Å². The number of halogens is 1. The molecular formula is C42H63ClO3Zr. The second-order valence-electron chi connectivity index (χ2n) is 19.3. The van der Waals surface area contributed by atoms with Gasteiger partial charge in [-0.1, -0.05) is 0 Å². The first-order valence-electron chi connectivity index (χ1n) is 17.1. The molecule has 3 aromatic rings. The molecule has 3 nitrogen and oxygen atoms in total. The summed E-state index contributed by atoms with van der Waals surface area (Å²) < 4.78 is 22.0. The SMILES string of the molecule is CC(C)(C)c1cccc(C(C)(C)C)c1[O][Zr]([Cl])([O]c1c(C(C)(C)C)cccc1C(C)(C)C)[O]c1c(C(C)(C)C)cccc1C(C)(C)C. The van der Waals surface area contributed by atoms with E-state index in [1.54, 1.807) is 0 Å². The van der Waals surface area contributed by atoms with Crippen molar-refractivity contribution in [2.45, 2.75) is 157 Å². The van der Waals surface area contributed by atoms with Crippen molar-refractivity contribution in [3.63, 3.8) is 0 Å². The number of para-hydroxylation sites is 3. The van der Waals surface area contributed by atoms with Gasteiger partial charge in [0.2, 0.25) is 0 Å². The van der Waals surface area contributed by atoms with Gasteiger partial charge in [-0.05, 0) is 0 Å². The quantitative estimate of drug-likeness (QED) is 0.252. The molecule has 0 aromatic heterocycles. The fourth-order valence-corrected chi connectivity index (χ4v) is 11.0. The van der Waals surface area contributed by atoms with Crippen LogP contribution < -0.4 is 8.44 Å². The minimum absolute atomic E-state index is 0.208. The summed E-state index contributed by atoms with van der Waals surface area (Å²) in [4.78, 5) is 0. The van der Waals surface area contributed by atoms with Crippen LogP contribution in [0.1, 0.15) is 158 Å². The molecule has 0 atom stereocenters. The van der Waals surface area contributed by atoms with Crippen LogP contribution in [0.25, 0.3) is 0 Å². The predicted octanol–water partition coefficient (Wildman–Crippen LogP) is 13.1. The maximum absolute atomic E-state index is 8.02. The van der Waals surface area contributed by atoms with Crippen LogP contribution in [0, 0.1) is 0 Å². The first-order chi connectivity index (χ1) is 21.0. The molecule has 47 heavy (non-hydrogen) atoms. The fraction of sp³-hybridized carbons (Fsp3) is 0.571. The van der Waals surface area contributed by atoms with E-state index in [4.69, 9.17) is 17.0 Å². The maximum atomic E-state index is 8.02. The Bertz CT molecular complexity index is 1280. The third kappa shape index (κ3) is 9.48. The molecule has 0 bridgehead atoms. The van der Waals surface area contributed by atoms with E-state index in [0.717, 1.165) is 50.6 Å². The van der Waals surface area contributed by atoms with Gasteiger partial charge in [0.05, 0.1) is 0 Å². The molecule has 0 aliphatic carbocycles. The summed E-state index contributed by atoms with van der Waals surface area (Å²) in [7, 11) is 8.02. The predicted molar refractivity (Wildman–Crippen MR) is 199 cm³/mol. The van der Waals surface area contributed by atoms with Gasteiger partial charge in [-0.3, -0.25) is 0 Å². The Labute approximate surface area is 298 Å².